The molecule has 1 saturated heterocycles. The van der Waals surface area contributed by atoms with E-state index in [1.807, 2.05) is 12.1 Å². The van der Waals surface area contributed by atoms with Crippen LogP contribution in [0.2, 0.25) is 0 Å². The average molecular weight is 387 g/mol. The molecule has 0 radical (unpaired) electrons. The summed E-state index contributed by atoms with van der Waals surface area (Å²) in [6.07, 6.45) is 4.19. The highest BCUT2D eigenvalue weighted by molar-refractivity contribution is 5.33. The lowest BCUT2D eigenvalue weighted by Crippen LogP contribution is -2.83. The van der Waals surface area contributed by atoms with E-state index in [4.69, 9.17) is 9.47 Å². The fourth-order valence-electron chi connectivity index (χ4n) is 4.39. The number of rotatable bonds is 8. The van der Waals surface area contributed by atoms with Gasteiger partial charge in [0.2, 0.25) is 0 Å². The van der Waals surface area contributed by atoms with E-state index < -0.39 is 0 Å². The Hall–Kier alpha value is -1.91. The highest BCUT2D eigenvalue weighted by atomic mass is 19.1. The van der Waals surface area contributed by atoms with E-state index in [1.165, 1.54) is 17.7 Å². The molecular formula is C24H33FNO2+. The number of hydrogen-bond donors (Lipinski definition) is 1. The minimum absolute atomic E-state index is 0.0743. The molecule has 28 heavy (non-hydrogen) atoms. The number of hydrogen-bond acceptors (Lipinski definition) is 2. The molecule has 2 aromatic carbocycles. The number of nitrogens with two attached hydrogens (primary N) is 1. The largest absolute Gasteiger partial charge is 0.497 e. The molecule has 2 atom stereocenters. The van der Waals surface area contributed by atoms with Crippen LogP contribution in [0.4, 0.5) is 4.39 Å². The van der Waals surface area contributed by atoms with Gasteiger partial charge in [0.15, 0.2) is 0 Å². The third-order valence-corrected chi connectivity index (χ3v) is 6.31. The van der Waals surface area contributed by atoms with Crippen molar-refractivity contribution in [2.24, 2.45) is 0 Å². The van der Waals surface area contributed by atoms with Gasteiger partial charge in [0, 0.05) is 24.0 Å². The van der Waals surface area contributed by atoms with Crippen LogP contribution in [-0.4, -0.2) is 25.9 Å². The zero-order chi connectivity index (χ0) is 20.0. The van der Waals surface area contributed by atoms with Crippen LogP contribution in [0.1, 0.15) is 50.7 Å². The Morgan fingerprint density at radius 1 is 1.11 bits per heavy atom. The molecule has 3 nitrogen and oxygen atoms in total. The van der Waals surface area contributed by atoms with E-state index >= 15 is 0 Å². The maximum atomic E-state index is 13.1. The van der Waals surface area contributed by atoms with Crippen molar-refractivity contribution in [1.82, 2.24) is 0 Å². The van der Waals surface area contributed by atoms with Gasteiger partial charge < -0.3 is 14.8 Å². The lowest BCUT2D eigenvalue weighted by molar-refractivity contribution is -0.672. The van der Waals surface area contributed by atoms with Gasteiger partial charge >= 0.3 is 0 Å². The maximum absolute atomic E-state index is 13.1. The average Bonchev–Trinajstić information content (AvgIpc) is 2.73. The fourth-order valence-corrected chi connectivity index (χ4v) is 4.39. The first-order valence-electron chi connectivity index (χ1n) is 10.3. The van der Waals surface area contributed by atoms with E-state index in [1.54, 1.807) is 7.11 Å². The van der Waals surface area contributed by atoms with E-state index in [0.29, 0.717) is 0 Å². The Bertz CT molecular complexity index is 746. The van der Waals surface area contributed by atoms with Crippen molar-refractivity contribution < 1.29 is 19.2 Å². The summed E-state index contributed by atoms with van der Waals surface area (Å²) in [7, 11) is 1.71. The summed E-state index contributed by atoms with van der Waals surface area (Å²) < 4.78 is 24.6. The molecule has 1 fully saturated rings. The summed E-state index contributed by atoms with van der Waals surface area (Å²) in [5.41, 5.74) is 2.58. The van der Waals surface area contributed by atoms with Gasteiger partial charge in [-0.1, -0.05) is 31.2 Å². The first-order chi connectivity index (χ1) is 13.5. The first-order valence-corrected chi connectivity index (χ1v) is 10.3. The Kier molecular flexibility index (Phi) is 6.73. The quantitative estimate of drug-likeness (QED) is 0.690. The summed E-state index contributed by atoms with van der Waals surface area (Å²) in [6.45, 7) is 7.16. The summed E-state index contributed by atoms with van der Waals surface area (Å²) >= 11 is 0. The van der Waals surface area contributed by atoms with E-state index in [9.17, 15) is 4.39 Å². The van der Waals surface area contributed by atoms with Gasteiger partial charge in [0.1, 0.15) is 18.1 Å². The number of ether oxygens (including phenoxy) is 2. The summed E-state index contributed by atoms with van der Waals surface area (Å²) in [5.74, 6) is 0.718. The molecule has 152 valence electrons. The van der Waals surface area contributed by atoms with Crippen LogP contribution in [0, 0.1) is 5.82 Å². The standard InChI is InChI=1S/C24H32FNO2/c1-4-23(2)18-24(14-16-28-23,20-7-11-22(27-3)12-8-20)13-15-26-17-19-5-9-21(25)10-6-19/h5-12,26H,4,13-18H2,1-3H3/p+1/t23-,24+/m0/s1. The van der Waals surface area contributed by atoms with Crippen LogP contribution in [-0.2, 0) is 16.7 Å². The third kappa shape index (κ3) is 4.92. The first kappa shape index (κ1) is 20.8. The molecule has 0 spiro atoms. The normalized spacial score (nSPS) is 24.9. The molecular weight excluding hydrogens is 353 g/mol. The molecule has 2 N–H and O–H groups in total. The monoisotopic (exact) mass is 386 g/mol. The molecule has 0 saturated carbocycles. The van der Waals surface area contributed by atoms with Crippen LogP contribution in [0.25, 0.3) is 0 Å². The maximum Gasteiger partial charge on any atom is 0.123 e. The van der Waals surface area contributed by atoms with Gasteiger partial charge in [-0.25, -0.2) is 4.39 Å². The van der Waals surface area contributed by atoms with Gasteiger partial charge in [-0.15, -0.1) is 0 Å². The van der Waals surface area contributed by atoms with Crippen LogP contribution in [0.15, 0.2) is 48.5 Å². The van der Waals surface area contributed by atoms with Gasteiger partial charge in [0.05, 0.1) is 19.3 Å². The second kappa shape index (κ2) is 9.06. The van der Waals surface area contributed by atoms with Gasteiger partial charge in [0.25, 0.3) is 0 Å². The minimum atomic E-state index is -0.178. The molecule has 4 heteroatoms. The molecule has 0 bridgehead atoms. The Morgan fingerprint density at radius 3 is 2.46 bits per heavy atom. The molecule has 2 aromatic rings. The molecule has 1 aliphatic heterocycles. The highest BCUT2D eigenvalue weighted by Crippen LogP contribution is 2.45. The van der Waals surface area contributed by atoms with Crippen molar-refractivity contribution in [2.75, 3.05) is 20.3 Å². The molecule has 3 rings (SSSR count). The van der Waals surface area contributed by atoms with Crippen molar-refractivity contribution >= 4 is 0 Å². The van der Waals surface area contributed by atoms with Crippen LogP contribution in [0.3, 0.4) is 0 Å². The topological polar surface area (TPSA) is 35.1 Å². The number of benzene rings is 2. The van der Waals surface area contributed by atoms with Crippen molar-refractivity contribution in [3.8, 4) is 5.75 Å². The third-order valence-electron chi connectivity index (χ3n) is 6.31. The van der Waals surface area contributed by atoms with Gasteiger partial charge in [-0.05, 0) is 56.0 Å². The van der Waals surface area contributed by atoms with Crippen LogP contribution >= 0.6 is 0 Å². The van der Waals surface area contributed by atoms with Gasteiger partial charge in [-0.3, -0.25) is 0 Å². The van der Waals surface area contributed by atoms with Crippen molar-refractivity contribution in [3.63, 3.8) is 0 Å². The predicted molar refractivity (Wildman–Crippen MR) is 110 cm³/mol. The Labute approximate surface area is 168 Å². The number of halogens is 1. The van der Waals surface area contributed by atoms with Crippen LogP contribution in [0.5, 0.6) is 5.75 Å². The molecule has 0 amide bonds. The number of methoxy groups -OCH3 is 1. The Morgan fingerprint density at radius 2 is 1.82 bits per heavy atom. The predicted octanol–water partition coefficient (Wildman–Crippen LogP) is 4.20. The smallest absolute Gasteiger partial charge is 0.123 e. The molecule has 0 unspecified atom stereocenters. The lowest BCUT2D eigenvalue weighted by Gasteiger charge is -2.46. The van der Waals surface area contributed by atoms with Crippen LogP contribution < -0.4 is 10.1 Å². The fraction of sp³-hybridized carbons (Fsp3) is 0.500. The zero-order valence-corrected chi connectivity index (χ0v) is 17.3. The Balaban J connectivity index is 1.71. The second-order valence-electron chi connectivity index (χ2n) is 8.25. The molecule has 0 aliphatic carbocycles. The summed E-state index contributed by atoms with van der Waals surface area (Å²) in [4.78, 5) is 0. The molecule has 1 aliphatic rings. The number of quaternary nitrogens is 1. The van der Waals surface area contributed by atoms with Crippen molar-refractivity contribution in [3.05, 3.63) is 65.5 Å². The summed E-state index contributed by atoms with van der Waals surface area (Å²) in [6, 6.07) is 15.4. The van der Waals surface area contributed by atoms with E-state index in [-0.39, 0.29) is 16.8 Å². The van der Waals surface area contributed by atoms with Gasteiger partial charge in [-0.2, -0.15) is 0 Å². The minimum Gasteiger partial charge on any atom is -0.497 e. The van der Waals surface area contributed by atoms with Crippen molar-refractivity contribution in [1.29, 1.82) is 0 Å². The SMILES string of the molecule is CC[C@@]1(C)C[C@](CC[NH2+]Cc2ccc(F)cc2)(c2ccc(OC)cc2)CCO1. The molecule has 1 heterocycles. The van der Waals surface area contributed by atoms with E-state index in [2.05, 4.69) is 43.4 Å². The summed E-state index contributed by atoms with van der Waals surface area (Å²) in [5, 5.41) is 2.33. The zero-order valence-electron chi connectivity index (χ0n) is 17.3. The van der Waals surface area contributed by atoms with Crippen molar-refractivity contribution in [2.45, 2.75) is 57.1 Å². The second-order valence-corrected chi connectivity index (χ2v) is 8.25. The lowest BCUT2D eigenvalue weighted by atomic mass is 9.66. The highest BCUT2D eigenvalue weighted by Gasteiger charge is 2.43. The molecule has 0 aromatic heterocycles. The van der Waals surface area contributed by atoms with E-state index in [0.717, 1.165) is 56.7 Å².